The average Bonchev–Trinajstić information content (AvgIpc) is 3.88. The minimum Gasteiger partial charge on any atom is -0.335 e. The van der Waals surface area contributed by atoms with Crippen LogP contribution in [0, 0.1) is 49.4 Å². The molecule has 0 atom stereocenters. The standard InChI is InChI=1S/C46H30N4/c1-5-25-47-29-35(31-17-9-13-21-37(31)47)43-41-33-19-11-15-23-39(33)50(28-8-4)46(41)44(36-30-48(26-6-2)38-22-14-10-18-32(36)38)42-34-20-12-16-24-40(34)49(27-7-3)45(42)43/h1-4,9-24,29-30H,25-28H2. The Morgan fingerprint density at radius 2 is 0.740 bits per heavy atom. The van der Waals surface area contributed by atoms with Gasteiger partial charge in [-0.15, -0.1) is 25.7 Å². The molecule has 0 amide bonds. The normalized spacial score (nSPS) is 11.4. The molecular formula is C46H30N4. The fourth-order valence-electron chi connectivity index (χ4n) is 8.26. The maximum absolute atomic E-state index is 6.19. The molecule has 5 aromatic carbocycles. The van der Waals surface area contributed by atoms with Gasteiger partial charge in [-0.3, -0.25) is 0 Å². The minimum atomic E-state index is 0.396. The van der Waals surface area contributed by atoms with Crippen molar-refractivity contribution < 1.29 is 0 Å². The smallest absolute Gasteiger partial charge is 0.0841 e. The molecule has 4 heterocycles. The molecule has 234 valence electrons. The van der Waals surface area contributed by atoms with Gasteiger partial charge in [-0.2, -0.15) is 0 Å². The van der Waals surface area contributed by atoms with E-state index >= 15 is 0 Å². The molecule has 4 aromatic heterocycles. The third-order valence-electron chi connectivity index (χ3n) is 10.1. The van der Waals surface area contributed by atoms with Crippen LogP contribution in [0.4, 0.5) is 0 Å². The topological polar surface area (TPSA) is 19.7 Å². The number of terminal acetylenes is 4. The van der Waals surface area contributed by atoms with Crippen molar-refractivity contribution in [3.8, 4) is 71.6 Å². The van der Waals surface area contributed by atoms with Gasteiger partial charge in [0.2, 0.25) is 0 Å². The van der Waals surface area contributed by atoms with Gasteiger partial charge < -0.3 is 18.3 Å². The first-order chi connectivity index (χ1) is 24.7. The quantitative estimate of drug-likeness (QED) is 0.162. The molecule has 4 heteroatoms. The first-order valence-corrected chi connectivity index (χ1v) is 16.6. The Kier molecular flexibility index (Phi) is 6.61. The monoisotopic (exact) mass is 638 g/mol. The largest absolute Gasteiger partial charge is 0.335 e. The maximum Gasteiger partial charge on any atom is 0.0841 e. The van der Waals surface area contributed by atoms with Crippen molar-refractivity contribution in [1.29, 1.82) is 0 Å². The van der Waals surface area contributed by atoms with Crippen molar-refractivity contribution in [2.75, 3.05) is 0 Å². The summed E-state index contributed by atoms with van der Waals surface area (Å²) >= 11 is 0. The van der Waals surface area contributed by atoms with E-state index in [1.807, 2.05) is 0 Å². The van der Waals surface area contributed by atoms with Gasteiger partial charge in [0.05, 0.1) is 48.2 Å². The van der Waals surface area contributed by atoms with Gasteiger partial charge in [0.15, 0.2) is 0 Å². The van der Waals surface area contributed by atoms with Crippen LogP contribution in [0.2, 0.25) is 0 Å². The number of nitrogens with zero attached hydrogens (tertiary/aromatic N) is 4. The van der Waals surface area contributed by atoms with E-state index in [0.29, 0.717) is 26.2 Å². The molecule has 0 bridgehead atoms. The molecule has 0 aliphatic rings. The van der Waals surface area contributed by atoms with Crippen LogP contribution in [-0.4, -0.2) is 18.3 Å². The Bertz CT molecular complexity index is 2820. The molecule has 0 spiro atoms. The number of benzene rings is 5. The number of aromatic nitrogens is 4. The van der Waals surface area contributed by atoms with E-state index in [0.717, 1.165) is 87.7 Å². The molecule has 0 saturated carbocycles. The van der Waals surface area contributed by atoms with E-state index in [1.165, 1.54) is 0 Å². The third kappa shape index (κ3) is 3.95. The van der Waals surface area contributed by atoms with Gasteiger partial charge in [-0.05, 0) is 24.3 Å². The second kappa shape index (κ2) is 11.3. The molecule has 9 rings (SSSR count). The minimum absolute atomic E-state index is 0.396. The summed E-state index contributed by atoms with van der Waals surface area (Å²) in [5.74, 6) is 11.7. The highest BCUT2D eigenvalue weighted by Gasteiger charge is 2.30. The predicted octanol–water partition coefficient (Wildman–Crippen LogP) is 9.68. The Morgan fingerprint density at radius 1 is 0.400 bits per heavy atom. The van der Waals surface area contributed by atoms with Crippen molar-refractivity contribution in [2.24, 2.45) is 0 Å². The number of hydrogen-bond acceptors (Lipinski definition) is 0. The highest BCUT2D eigenvalue weighted by Crippen LogP contribution is 2.52. The molecule has 0 aliphatic heterocycles. The molecule has 0 unspecified atom stereocenters. The number of para-hydroxylation sites is 4. The van der Waals surface area contributed by atoms with Crippen molar-refractivity contribution >= 4 is 65.4 Å². The Balaban J connectivity index is 1.65. The van der Waals surface area contributed by atoms with Crippen LogP contribution in [0.1, 0.15) is 0 Å². The highest BCUT2D eigenvalue weighted by atomic mass is 15.0. The van der Waals surface area contributed by atoms with Crippen LogP contribution in [0.5, 0.6) is 0 Å². The summed E-state index contributed by atoms with van der Waals surface area (Å²) in [6.07, 6.45) is 28.6. The van der Waals surface area contributed by atoms with Crippen LogP contribution < -0.4 is 0 Å². The Morgan fingerprint density at radius 3 is 1.12 bits per heavy atom. The van der Waals surface area contributed by atoms with Crippen molar-refractivity contribution in [1.82, 2.24) is 18.3 Å². The van der Waals surface area contributed by atoms with Gasteiger partial charge in [0.1, 0.15) is 0 Å². The summed E-state index contributed by atoms with van der Waals surface area (Å²) in [6, 6.07) is 34.1. The molecule has 0 fully saturated rings. The van der Waals surface area contributed by atoms with Crippen LogP contribution in [-0.2, 0) is 26.2 Å². The van der Waals surface area contributed by atoms with E-state index in [9.17, 15) is 0 Å². The van der Waals surface area contributed by atoms with E-state index in [1.54, 1.807) is 0 Å². The lowest BCUT2D eigenvalue weighted by atomic mass is 9.89. The van der Waals surface area contributed by atoms with Gasteiger partial charge >= 0.3 is 0 Å². The zero-order chi connectivity index (χ0) is 33.9. The first-order valence-electron chi connectivity index (χ1n) is 16.6. The van der Waals surface area contributed by atoms with Crippen molar-refractivity contribution in [2.45, 2.75) is 26.2 Å². The fraction of sp³-hybridized carbons (Fsp3) is 0.0870. The zero-order valence-corrected chi connectivity index (χ0v) is 27.3. The summed E-state index contributed by atoms with van der Waals surface area (Å²) in [4.78, 5) is 0. The lowest BCUT2D eigenvalue weighted by Crippen LogP contribution is -2.00. The van der Waals surface area contributed by atoms with Crippen LogP contribution in [0.15, 0.2) is 109 Å². The summed E-state index contributed by atoms with van der Waals surface area (Å²) in [6.45, 7) is 1.69. The highest BCUT2D eigenvalue weighted by molar-refractivity contribution is 6.34. The second-order valence-electron chi connectivity index (χ2n) is 12.6. The molecule has 0 aliphatic carbocycles. The summed E-state index contributed by atoms with van der Waals surface area (Å²) in [7, 11) is 0. The van der Waals surface area contributed by atoms with Gasteiger partial charge in [0, 0.05) is 78.0 Å². The number of hydrogen-bond donors (Lipinski definition) is 0. The molecule has 50 heavy (non-hydrogen) atoms. The molecule has 0 saturated heterocycles. The van der Waals surface area contributed by atoms with Crippen LogP contribution in [0.25, 0.3) is 87.7 Å². The fourth-order valence-corrected chi connectivity index (χ4v) is 8.26. The van der Waals surface area contributed by atoms with E-state index in [-0.39, 0.29) is 0 Å². The summed E-state index contributed by atoms with van der Waals surface area (Å²) in [5.41, 5.74) is 10.9. The van der Waals surface area contributed by atoms with Gasteiger partial charge in [0.25, 0.3) is 0 Å². The lowest BCUT2D eigenvalue weighted by Gasteiger charge is -2.16. The lowest BCUT2D eigenvalue weighted by molar-refractivity contribution is 0.887. The summed E-state index contributed by atoms with van der Waals surface area (Å²) < 4.78 is 8.95. The average molecular weight is 639 g/mol. The zero-order valence-electron chi connectivity index (χ0n) is 27.3. The van der Waals surface area contributed by atoms with Gasteiger partial charge in [-0.1, -0.05) is 96.5 Å². The van der Waals surface area contributed by atoms with Crippen LogP contribution >= 0.6 is 0 Å². The summed E-state index contributed by atoms with van der Waals surface area (Å²) in [5, 5.41) is 6.72. The van der Waals surface area contributed by atoms with Gasteiger partial charge in [-0.25, -0.2) is 0 Å². The molecule has 9 aromatic rings. The number of fused-ring (bicyclic) bond motifs is 8. The van der Waals surface area contributed by atoms with E-state index in [4.69, 9.17) is 25.7 Å². The van der Waals surface area contributed by atoms with Crippen molar-refractivity contribution in [3.05, 3.63) is 109 Å². The maximum atomic E-state index is 6.19. The number of rotatable bonds is 6. The molecule has 0 radical (unpaired) electrons. The molecule has 0 N–H and O–H groups in total. The second-order valence-corrected chi connectivity index (χ2v) is 12.6. The molecular weight excluding hydrogens is 609 g/mol. The SMILES string of the molecule is C#CCn1cc(-c2c3c4ccccc4n(CC#C)c3c(-c3cn(CC#C)c4ccccc34)c3c4ccccc4n(CC#C)c23)c2ccccc21. The first kappa shape index (κ1) is 29.2. The van der Waals surface area contributed by atoms with E-state index in [2.05, 4.69) is 151 Å². The van der Waals surface area contributed by atoms with Crippen LogP contribution in [0.3, 0.4) is 0 Å². The molecule has 4 nitrogen and oxygen atoms in total. The Labute approximate surface area is 290 Å². The van der Waals surface area contributed by atoms with Crippen molar-refractivity contribution in [3.63, 3.8) is 0 Å². The third-order valence-corrected chi connectivity index (χ3v) is 10.1. The Hall–Kier alpha value is -6.98. The van der Waals surface area contributed by atoms with E-state index < -0.39 is 0 Å². The predicted molar refractivity (Wildman–Crippen MR) is 210 cm³/mol.